The van der Waals surface area contributed by atoms with Gasteiger partial charge in [0.1, 0.15) is 0 Å². The molecule has 14 heavy (non-hydrogen) atoms. The van der Waals surface area contributed by atoms with Crippen molar-refractivity contribution in [2.75, 3.05) is 27.2 Å². The van der Waals surface area contributed by atoms with Gasteiger partial charge < -0.3 is 9.80 Å². The van der Waals surface area contributed by atoms with Crippen LogP contribution in [0.3, 0.4) is 0 Å². The van der Waals surface area contributed by atoms with E-state index in [1.807, 2.05) is 25.9 Å². The van der Waals surface area contributed by atoms with Crippen molar-refractivity contribution in [1.29, 1.82) is 0 Å². The first-order chi connectivity index (χ1) is 6.34. The fourth-order valence-electron chi connectivity index (χ4n) is 1.45. The maximum atomic E-state index is 11.5. The third-order valence-electron chi connectivity index (χ3n) is 3.10. The lowest BCUT2D eigenvalue weighted by atomic mass is 10.0. The van der Waals surface area contributed by atoms with Gasteiger partial charge in [0.25, 0.3) is 0 Å². The van der Waals surface area contributed by atoms with Gasteiger partial charge in [0, 0.05) is 12.1 Å². The molecule has 4 heteroatoms. The minimum Gasteiger partial charge on any atom is -0.325 e. The van der Waals surface area contributed by atoms with Crippen molar-refractivity contribution >= 4 is 5.91 Å². The number of hydrogen-bond donors (Lipinski definition) is 1. The molecule has 1 saturated heterocycles. The average molecular weight is 199 g/mol. The summed E-state index contributed by atoms with van der Waals surface area (Å²) >= 11 is 0. The van der Waals surface area contributed by atoms with Crippen LogP contribution in [-0.4, -0.2) is 54.6 Å². The average Bonchev–Trinajstić information content (AvgIpc) is 2.35. The highest BCUT2D eigenvalue weighted by molar-refractivity contribution is 5.80. The van der Waals surface area contributed by atoms with E-state index in [1.54, 1.807) is 0 Å². The number of amides is 1. The predicted octanol–water partition coefficient (Wildman–Crippen LogP) is 0.104. The second-order valence-electron chi connectivity index (χ2n) is 4.79. The SMILES string of the molecule is CC1NCC(=O)N1CC(C)(C)N(C)C. The Labute approximate surface area is 86.2 Å². The second kappa shape index (κ2) is 3.87. The van der Waals surface area contributed by atoms with E-state index in [0.717, 1.165) is 6.54 Å². The van der Waals surface area contributed by atoms with E-state index in [2.05, 4.69) is 24.1 Å². The first-order valence-electron chi connectivity index (χ1n) is 5.05. The van der Waals surface area contributed by atoms with Crippen molar-refractivity contribution in [3.05, 3.63) is 0 Å². The fourth-order valence-corrected chi connectivity index (χ4v) is 1.45. The Morgan fingerprint density at radius 1 is 1.57 bits per heavy atom. The molecule has 1 atom stereocenters. The maximum Gasteiger partial charge on any atom is 0.237 e. The first-order valence-corrected chi connectivity index (χ1v) is 5.05. The van der Waals surface area contributed by atoms with Crippen LogP contribution >= 0.6 is 0 Å². The van der Waals surface area contributed by atoms with E-state index in [-0.39, 0.29) is 17.6 Å². The molecular formula is C10H21N3O. The second-order valence-corrected chi connectivity index (χ2v) is 4.79. The number of carbonyl (C=O) groups is 1. The van der Waals surface area contributed by atoms with Crippen LogP contribution in [0.2, 0.25) is 0 Å². The van der Waals surface area contributed by atoms with Gasteiger partial charge in [-0.25, -0.2) is 0 Å². The van der Waals surface area contributed by atoms with Gasteiger partial charge in [-0.3, -0.25) is 10.1 Å². The molecule has 0 radical (unpaired) electrons. The Bertz CT molecular complexity index is 225. The number of likely N-dealkylation sites (N-methyl/N-ethyl adjacent to an activating group) is 1. The van der Waals surface area contributed by atoms with Crippen LogP contribution in [0, 0.1) is 0 Å². The maximum absolute atomic E-state index is 11.5. The molecule has 0 saturated carbocycles. The van der Waals surface area contributed by atoms with Crippen molar-refractivity contribution in [3.63, 3.8) is 0 Å². The number of nitrogens with one attached hydrogen (secondary N) is 1. The number of carbonyl (C=O) groups excluding carboxylic acids is 1. The van der Waals surface area contributed by atoms with E-state index in [1.165, 1.54) is 0 Å². The standard InChI is InChI=1S/C10H21N3O/c1-8-11-6-9(14)13(8)7-10(2,3)12(4)5/h8,11H,6-7H2,1-5H3. The molecule has 1 rings (SSSR count). The fraction of sp³-hybridized carbons (Fsp3) is 0.900. The van der Waals surface area contributed by atoms with Gasteiger partial charge in [-0.05, 0) is 34.9 Å². The smallest absolute Gasteiger partial charge is 0.237 e. The summed E-state index contributed by atoms with van der Waals surface area (Å²) in [6, 6.07) is 0. The molecule has 0 aliphatic carbocycles. The quantitative estimate of drug-likeness (QED) is 0.700. The van der Waals surface area contributed by atoms with Gasteiger partial charge in [0.15, 0.2) is 0 Å². The molecule has 1 aliphatic rings. The molecule has 1 N–H and O–H groups in total. The van der Waals surface area contributed by atoms with Gasteiger partial charge in [-0.1, -0.05) is 0 Å². The molecule has 0 spiro atoms. The lowest BCUT2D eigenvalue weighted by molar-refractivity contribution is -0.129. The Balaban J connectivity index is 2.63. The zero-order valence-electron chi connectivity index (χ0n) is 9.79. The van der Waals surface area contributed by atoms with E-state index in [4.69, 9.17) is 0 Å². The molecular weight excluding hydrogens is 178 g/mol. The summed E-state index contributed by atoms with van der Waals surface area (Å²) in [4.78, 5) is 15.6. The van der Waals surface area contributed by atoms with Gasteiger partial charge in [-0.2, -0.15) is 0 Å². The Morgan fingerprint density at radius 2 is 2.14 bits per heavy atom. The zero-order valence-corrected chi connectivity index (χ0v) is 9.79. The highest BCUT2D eigenvalue weighted by Crippen LogP contribution is 2.15. The number of hydrogen-bond acceptors (Lipinski definition) is 3. The first kappa shape index (κ1) is 11.5. The summed E-state index contributed by atoms with van der Waals surface area (Å²) in [5.74, 6) is 0.201. The molecule has 0 aromatic rings. The highest BCUT2D eigenvalue weighted by Gasteiger charge is 2.32. The van der Waals surface area contributed by atoms with Crippen molar-refractivity contribution in [3.8, 4) is 0 Å². The topological polar surface area (TPSA) is 35.6 Å². The monoisotopic (exact) mass is 199 g/mol. The van der Waals surface area contributed by atoms with Crippen molar-refractivity contribution in [2.24, 2.45) is 0 Å². The highest BCUT2D eigenvalue weighted by atomic mass is 16.2. The summed E-state index contributed by atoms with van der Waals surface area (Å²) in [5, 5.41) is 3.14. The van der Waals surface area contributed by atoms with Gasteiger partial charge in [0.2, 0.25) is 5.91 Å². The molecule has 0 aromatic heterocycles. The van der Waals surface area contributed by atoms with Gasteiger partial charge >= 0.3 is 0 Å². The van der Waals surface area contributed by atoms with E-state index in [0.29, 0.717) is 6.54 Å². The molecule has 4 nitrogen and oxygen atoms in total. The number of rotatable bonds is 3. The van der Waals surface area contributed by atoms with Crippen LogP contribution < -0.4 is 5.32 Å². The minimum absolute atomic E-state index is 0.0238. The lowest BCUT2D eigenvalue weighted by Gasteiger charge is -2.37. The summed E-state index contributed by atoms with van der Waals surface area (Å²) in [6.45, 7) is 7.56. The van der Waals surface area contributed by atoms with Crippen molar-refractivity contribution in [1.82, 2.24) is 15.1 Å². The lowest BCUT2D eigenvalue weighted by Crippen LogP contribution is -2.51. The third-order valence-corrected chi connectivity index (χ3v) is 3.10. The van der Waals surface area contributed by atoms with Crippen LogP contribution in [0.25, 0.3) is 0 Å². The van der Waals surface area contributed by atoms with Crippen molar-refractivity contribution < 1.29 is 4.79 Å². The van der Waals surface area contributed by atoms with Crippen molar-refractivity contribution in [2.45, 2.75) is 32.5 Å². The summed E-state index contributed by atoms with van der Waals surface area (Å²) in [7, 11) is 4.08. The van der Waals surface area contributed by atoms with Crippen LogP contribution in [-0.2, 0) is 4.79 Å². The molecule has 82 valence electrons. The molecule has 1 aliphatic heterocycles. The molecule has 1 amide bonds. The molecule has 0 aromatic carbocycles. The van der Waals surface area contributed by atoms with Crippen LogP contribution in [0.15, 0.2) is 0 Å². The van der Waals surface area contributed by atoms with E-state index >= 15 is 0 Å². The van der Waals surface area contributed by atoms with Crippen LogP contribution in [0.4, 0.5) is 0 Å². The van der Waals surface area contributed by atoms with Gasteiger partial charge in [0.05, 0.1) is 12.7 Å². The summed E-state index contributed by atoms with van der Waals surface area (Å²) in [6.07, 6.45) is 0.168. The van der Waals surface area contributed by atoms with Gasteiger partial charge in [-0.15, -0.1) is 0 Å². The predicted molar refractivity (Wildman–Crippen MR) is 56.9 cm³/mol. The summed E-state index contributed by atoms with van der Waals surface area (Å²) in [5.41, 5.74) is 0.0238. The Hall–Kier alpha value is -0.610. The molecule has 1 unspecified atom stereocenters. The zero-order chi connectivity index (χ0) is 10.9. The number of nitrogens with zero attached hydrogens (tertiary/aromatic N) is 2. The molecule has 0 bridgehead atoms. The largest absolute Gasteiger partial charge is 0.325 e. The summed E-state index contributed by atoms with van der Waals surface area (Å²) < 4.78 is 0. The van der Waals surface area contributed by atoms with E-state index < -0.39 is 0 Å². The Morgan fingerprint density at radius 3 is 2.50 bits per heavy atom. The van der Waals surface area contributed by atoms with Crippen LogP contribution in [0.1, 0.15) is 20.8 Å². The Kier molecular flexibility index (Phi) is 3.17. The minimum atomic E-state index is 0.0238. The van der Waals surface area contributed by atoms with E-state index in [9.17, 15) is 4.79 Å². The van der Waals surface area contributed by atoms with Crippen LogP contribution in [0.5, 0.6) is 0 Å². The third kappa shape index (κ3) is 2.25. The molecule has 1 heterocycles. The normalized spacial score (nSPS) is 23.7. The molecule has 1 fully saturated rings.